The minimum atomic E-state index is -4.06. The van der Waals surface area contributed by atoms with Gasteiger partial charge in [-0.05, 0) is 0 Å². The van der Waals surface area contributed by atoms with E-state index < -0.39 is 48.4 Å². The van der Waals surface area contributed by atoms with Gasteiger partial charge in [0, 0.05) is 0 Å². The van der Waals surface area contributed by atoms with E-state index in [4.69, 9.17) is 0 Å². The number of hydrogen-bond acceptors (Lipinski definition) is 12. The molecular formula is C6H9N3O9S3. The second-order valence-electron chi connectivity index (χ2n) is 3.55. The number of rotatable bonds is 6. The van der Waals surface area contributed by atoms with Gasteiger partial charge in [-0.15, -0.1) is 15.0 Å². The summed E-state index contributed by atoms with van der Waals surface area (Å²) in [5.74, 6) is 0. The maximum atomic E-state index is 11.0. The van der Waals surface area contributed by atoms with Crippen LogP contribution >= 0.6 is 0 Å². The summed E-state index contributed by atoms with van der Waals surface area (Å²) in [4.78, 5) is 9.70. The lowest BCUT2D eigenvalue weighted by atomic mass is 10.9. The van der Waals surface area contributed by atoms with Gasteiger partial charge in [-0.2, -0.15) is 25.3 Å². The predicted molar refractivity (Wildman–Crippen MR) is 66.2 cm³/mol. The fourth-order valence-corrected chi connectivity index (χ4v) is 1.87. The third kappa shape index (κ3) is 7.57. The highest BCUT2D eigenvalue weighted by Crippen LogP contribution is 2.17. The van der Waals surface area contributed by atoms with Crippen molar-refractivity contribution in [2.75, 3.05) is 18.8 Å². The lowest BCUT2D eigenvalue weighted by Crippen LogP contribution is -2.15. The van der Waals surface area contributed by atoms with Gasteiger partial charge in [-0.3, -0.25) is 0 Å². The van der Waals surface area contributed by atoms with Gasteiger partial charge in [0.15, 0.2) is 0 Å². The van der Waals surface area contributed by atoms with Gasteiger partial charge < -0.3 is 12.5 Å². The Bertz CT molecular complexity index is 716. The molecule has 0 unspecified atom stereocenters. The van der Waals surface area contributed by atoms with Crippen molar-refractivity contribution in [1.29, 1.82) is 0 Å². The maximum Gasteiger partial charge on any atom is 0.342 e. The van der Waals surface area contributed by atoms with E-state index in [0.717, 1.165) is 0 Å². The summed E-state index contributed by atoms with van der Waals surface area (Å²) in [6, 6.07) is -2.78. The van der Waals surface area contributed by atoms with Crippen molar-refractivity contribution in [3.63, 3.8) is 0 Å². The van der Waals surface area contributed by atoms with Gasteiger partial charge in [0.05, 0.1) is 18.8 Å². The fraction of sp³-hybridized carbons (Fsp3) is 0.500. The Morgan fingerprint density at radius 1 is 0.571 bits per heavy atom. The average Bonchev–Trinajstić information content (AvgIpc) is 2.06. The van der Waals surface area contributed by atoms with Gasteiger partial charge in [0.1, 0.15) is 0 Å². The Hall–Kier alpha value is -1.74. The van der Waals surface area contributed by atoms with Crippen LogP contribution in [0, 0.1) is 0 Å². The molecule has 0 saturated heterocycles. The first-order chi connectivity index (χ1) is 9.23. The molecule has 0 radical (unpaired) electrons. The third-order valence-electron chi connectivity index (χ3n) is 1.25. The predicted octanol–water partition coefficient (Wildman–Crippen LogP) is -2.11. The zero-order valence-corrected chi connectivity index (χ0v) is 13.2. The second-order valence-corrected chi connectivity index (χ2v) is 8.27. The Labute approximate surface area is 120 Å². The lowest BCUT2D eigenvalue weighted by molar-refractivity contribution is 0.414. The summed E-state index contributed by atoms with van der Waals surface area (Å²) in [6.45, 7) is 0. The second kappa shape index (κ2) is 5.57. The molecule has 0 fully saturated rings. The largest absolute Gasteiger partial charge is 0.343 e. The highest BCUT2D eigenvalue weighted by Gasteiger charge is 2.19. The van der Waals surface area contributed by atoms with E-state index in [9.17, 15) is 25.3 Å². The molecule has 1 heterocycles. The van der Waals surface area contributed by atoms with Crippen molar-refractivity contribution < 1.29 is 37.8 Å². The molecule has 0 bridgehead atoms. The van der Waals surface area contributed by atoms with E-state index in [1.807, 2.05) is 0 Å². The molecule has 1 rings (SSSR count). The molecule has 0 atom stereocenters. The van der Waals surface area contributed by atoms with Crippen LogP contribution in [0.5, 0.6) is 18.0 Å². The topological polar surface area (TPSA) is 169 Å². The van der Waals surface area contributed by atoms with Gasteiger partial charge in [-0.25, -0.2) is 0 Å². The molecule has 0 saturated carbocycles. The fourth-order valence-electron chi connectivity index (χ4n) is 0.838. The minimum Gasteiger partial charge on any atom is -0.343 e. The first-order valence-electron chi connectivity index (χ1n) is 4.68. The molecule has 0 aromatic carbocycles. The normalized spacial score (nSPS) is 12.7. The van der Waals surface area contributed by atoms with Gasteiger partial charge >= 0.3 is 48.4 Å². The molecule has 0 N–H and O–H groups in total. The number of aromatic nitrogens is 3. The molecule has 0 aliphatic carbocycles. The van der Waals surface area contributed by atoms with Gasteiger partial charge in [0.25, 0.3) is 0 Å². The molecular weight excluding hydrogens is 354 g/mol. The Morgan fingerprint density at radius 2 is 0.762 bits per heavy atom. The van der Waals surface area contributed by atoms with Gasteiger partial charge in [0.2, 0.25) is 0 Å². The smallest absolute Gasteiger partial charge is 0.342 e. The highest BCUT2D eigenvalue weighted by atomic mass is 32.2. The van der Waals surface area contributed by atoms with E-state index in [0.29, 0.717) is 18.8 Å². The van der Waals surface area contributed by atoms with Crippen molar-refractivity contribution in [2.45, 2.75) is 0 Å². The Balaban J connectivity index is 3.31. The number of nitrogens with zero attached hydrogens (tertiary/aromatic N) is 3. The summed E-state index contributed by atoms with van der Waals surface area (Å²) in [7, 11) is -12.2. The van der Waals surface area contributed by atoms with Crippen LogP contribution in [-0.2, 0) is 30.4 Å². The van der Waals surface area contributed by atoms with E-state index in [1.54, 1.807) is 0 Å². The van der Waals surface area contributed by atoms with E-state index in [2.05, 4.69) is 27.5 Å². The van der Waals surface area contributed by atoms with Crippen LogP contribution in [0.15, 0.2) is 0 Å². The zero-order valence-electron chi connectivity index (χ0n) is 10.7. The average molecular weight is 363 g/mol. The van der Waals surface area contributed by atoms with E-state index in [1.165, 1.54) is 0 Å². The summed E-state index contributed by atoms with van der Waals surface area (Å²) < 4.78 is 78.5. The minimum absolute atomic E-state index is 0.658. The molecule has 15 heteroatoms. The van der Waals surface area contributed by atoms with Crippen molar-refractivity contribution in [1.82, 2.24) is 15.0 Å². The maximum absolute atomic E-state index is 11.0. The number of hydrogen-bond donors (Lipinski definition) is 0. The summed E-state index contributed by atoms with van der Waals surface area (Å²) in [5.41, 5.74) is 0. The molecule has 0 amide bonds. The monoisotopic (exact) mass is 363 g/mol. The van der Waals surface area contributed by atoms with Crippen LogP contribution in [0.25, 0.3) is 0 Å². The quantitative estimate of drug-likeness (QED) is 0.505. The van der Waals surface area contributed by atoms with Crippen LogP contribution < -0.4 is 12.5 Å². The van der Waals surface area contributed by atoms with Crippen molar-refractivity contribution in [2.24, 2.45) is 0 Å². The first-order valence-corrected chi connectivity index (χ1v) is 10.1. The van der Waals surface area contributed by atoms with Crippen LogP contribution in [0.4, 0.5) is 0 Å². The molecule has 12 nitrogen and oxygen atoms in total. The van der Waals surface area contributed by atoms with E-state index >= 15 is 0 Å². The molecule has 0 aliphatic heterocycles. The van der Waals surface area contributed by atoms with Gasteiger partial charge in [-0.1, -0.05) is 0 Å². The molecule has 0 aliphatic rings. The Morgan fingerprint density at radius 3 is 0.905 bits per heavy atom. The third-order valence-corrected chi connectivity index (χ3v) is 2.61. The summed E-state index contributed by atoms with van der Waals surface area (Å²) in [5, 5.41) is 0. The van der Waals surface area contributed by atoms with Crippen LogP contribution in [0.1, 0.15) is 0 Å². The van der Waals surface area contributed by atoms with Crippen molar-refractivity contribution in [3.05, 3.63) is 0 Å². The van der Waals surface area contributed by atoms with Crippen LogP contribution in [0.2, 0.25) is 0 Å². The molecule has 21 heavy (non-hydrogen) atoms. The van der Waals surface area contributed by atoms with Crippen molar-refractivity contribution in [3.8, 4) is 18.0 Å². The van der Waals surface area contributed by atoms with E-state index in [-0.39, 0.29) is 0 Å². The lowest BCUT2D eigenvalue weighted by Gasteiger charge is -2.06. The van der Waals surface area contributed by atoms with Crippen LogP contribution in [-0.4, -0.2) is 59.0 Å². The first kappa shape index (κ1) is 17.3. The summed E-state index contributed by atoms with van der Waals surface area (Å²) >= 11 is 0. The summed E-state index contributed by atoms with van der Waals surface area (Å²) in [6.07, 6.45) is 1.97. The standard InChI is InChI=1S/C6H9N3O9S3/c1-19(10,11)16-4-7-5(17-20(2,12)13)9-6(8-4)18-21(3,14)15/h1-3H3. The Kier molecular flexibility index (Phi) is 4.59. The molecule has 1 aromatic rings. The SMILES string of the molecule is CS(=O)(=O)Oc1nc(OS(C)(=O)=O)nc(OS(C)(=O)=O)n1. The molecule has 120 valence electrons. The van der Waals surface area contributed by atoms with Crippen molar-refractivity contribution >= 4 is 30.4 Å². The zero-order chi connectivity index (χ0) is 16.5. The molecule has 1 aromatic heterocycles. The van der Waals surface area contributed by atoms with Crippen LogP contribution in [0.3, 0.4) is 0 Å². The highest BCUT2D eigenvalue weighted by molar-refractivity contribution is 7.86. The molecule has 0 spiro atoms.